The summed E-state index contributed by atoms with van der Waals surface area (Å²) in [5, 5.41) is 0. The molecule has 1 fully saturated rings. The van der Waals surface area contributed by atoms with Crippen LogP contribution in [0.5, 0.6) is 0 Å². The molecule has 1 heterocycles. The fourth-order valence-corrected chi connectivity index (χ4v) is 1.01. The summed E-state index contributed by atoms with van der Waals surface area (Å²) in [6.45, 7) is 3.44. The van der Waals surface area contributed by atoms with Gasteiger partial charge >= 0.3 is 0 Å². The molecule has 0 radical (unpaired) electrons. The molecule has 1 amide bonds. The van der Waals surface area contributed by atoms with Crippen LogP contribution in [0.1, 0.15) is 13.3 Å². The van der Waals surface area contributed by atoms with Gasteiger partial charge in [-0.15, -0.1) is 0 Å². The summed E-state index contributed by atoms with van der Waals surface area (Å²) in [7, 11) is 1.68. The standard InChI is InChI=1S/C7H13NO2/c1-3-7(9)8-4-6(5-8)10-2/h6H,3-5H2,1-2H3. The van der Waals surface area contributed by atoms with Gasteiger partial charge in [0.1, 0.15) is 0 Å². The number of likely N-dealkylation sites (tertiary alicyclic amines) is 1. The molecule has 58 valence electrons. The SMILES string of the molecule is CCC(=O)N1CC(OC)C1. The molecule has 0 bridgehead atoms. The van der Waals surface area contributed by atoms with Crippen LogP contribution in [0.15, 0.2) is 0 Å². The van der Waals surface area contributed by atoms with Crippen molar-refractivity contribution in [3.05, 3.63) is 0 Å². The van der Waals surface area contributed by atoms with Crippen molar-refractivity contribution in [2.45, 2.75) is 19.4 Å². The van der Waals surface area contributed by atoms with E-state index in [1.807, 2.05) is 11.8 Å². The van der Waals surface area contributed by atoms with Crippen LogP contribution < -0.4 is 0 Å². The monoisotopic (exact) mass is 143 g/mol. The van der Waals surface area contributed by atoms with E-state index in [-0.39, 0.29) is 12.0 Å². The van der Waals surface area contributed by atoms with Gasteiger partial charge in [0, 0.05) is 26.6 Å². The van der Waals surface area contributed by atoms with E-state index in [9.17, 15) is 4.79 Å². The maximum absolute atomic E-state index is 10.9. The summed E-state index contributed by atoms with van der Waals surface area (Å²) in [5.41, 5.74) is 0. The van der Waals surface area contributed by atoms with Gasteiger partial charge < -0.3 is 9.64 Å². The lowest BCUT2D eigenvalue weighted by Crippen LogP contribution is -2.54. The molecule has 0 aromatic heterocycles. The van der Waals surface area contributed by atoms with Crippen molar-refractivity contribution in [3.63, 3.8) is 0 Å². The van der Waals surface area contributed by atoms with Crippen LogP contribution in [0.25, 0.3) is 0 Å². The van der Waals surface area contributed by atoms with E-state index in [0.717, 1.165) is 13.1 Å². The van der Waals surface area contributed by atoms with Gasteiger partial charge in [-0.2, -0.15) is 0 Å². The van der Waals surface area contributed by atoms with Crippen molar-refractivity contribution < 1.29 is 9.53 Å². The molecule has 3 heteroatoms. The van der Waals surface area contributed by atoms with Crippen molar-refractivity contribution in [2.24, 2.45) is 0 Å². The van der Waals surface area contributed by atoms with Gasteiger partial charge in [0.25, 0.3) is 0 Å². The molecule has 0 aliphatic carbocycles. The summed E-state index contributed by atoms with van der Waals surface area (Å²) in [6, 6.07) is 0. The third kappa shape index (κ3) is 1.29. The molecule has 10 heavy (non-hydrogen) atoms. The maximum Gasteiger partial charge on any atom is 0.222 e. The van der Waals surface area contributed by atoms with E-state index in [1.165, 1.54) is 0 Å². The van der Waals surface area contributed by atoms with Gasteiger partial charge in [-0.1, -0.05) is 6.92 Å². The number of carbonyl (C=O) groups excluding carboxylic acids is 1. The lowest BCUT2D eigenvalue weighted by Gasteiger charge is -2.37. The quantitative estimate of drug-likeness (QED) is 0.554. The lowest BCUT2D eigenvalue weighted by molar-refractivity contribution is -0.142. The minimum absolute atomic E-state index is 0.230. The van der Waals surface area contributed by atoms with Gasteiger partial charge in [-0.3, -0.25) is 4.79 Å². The third-order valence-electron chi connectivity index (χ3n) is 1.84. The van der Waals surface area contributed by atoms with Gasteiger partial charge in [0.15, 0.2) is 0 Å². The highest BCUT2D eigenvalue weighted by Gasteiger charge is 2.28. The smallest absolute Gasteiger partial charge is 0.222 e. The van der Waals surface area contributed by atoms with Crippen molar-refractivity contribution in [1.82, 2.24) is 4.90 Å². The van der Waals surface area contributed by atoms with Crippen LogP contribution >= 0.6 is 0 Å². The van der Waals surface area contributed by atoms with Crippen LogP contribution in [0.2, 0.25) is 0 Å². The summed E-state index contributed by atoms with van der Waals surface area (Å²) in [5.74, 6) is 0.230. The Morgan fingerprint density at radius 3 is 2.70 bits per heavy atom. The number of hydrogen-bond donors (Lipinski definition) is 0. The fraction of sp³-hybridized carbons (Fsp3) is 0.857. The number of rotatable bonds is 2. The molecule has 1 saturated heterocycles. The van der Waals surface area contributed by atoms with Crippen LogP contribution in [0.3, 0.4) is 0 Å². The van der Waals surface area contributed by atoms with E-state index in [1.54, 1.807) is 7.11 Å². The van der Waals surface area contributed by atoms with Crippen LogP contribution in [-0.4, -0.2) is 37.1 Å². The van der Waals surface area contributed by atoms with Gasteiger partial charge in [-0.05, 0) is 0 Å². The topological polar surface area (TPSA) is 29.5 Å². The minimum Gasteiger partial charge on any atom is -0.378 e. The van der Waals surface area contributed by atoms with Crippen LogP contribution in [0, 0.1) is 0 Å². The molecular weight excluding hydrogens is 130 g/mol. The molecule has 0 saturated carbocycles. The van der Waals surface area contributed by atoms with Crippen LogP contribution in [-0.2, 0) is 9.53 Å². The largest absolute Gasteiger partial charge is 0.378 e. The molecule has 1 aliphatic heterocycles. The zero-order valence-electron chi connectivity index (χ0n) is 6.46. The summed E-state index contributed by atoms with van der Waals surface area (Å²) >= 11 is 0. The Hall–Kier alpha value is -0.570. The van der Waals surface area contributed by atoms with E-state index in [0.29, 0.717) is 6.42 Å². The first-order valence-electron chi connectivity index (χ1n) is 3.58. The zero-order valence-corrected chi connectivity index (χ0v) is 6.46. The average molecular weight is 143 g/mol. The zero-order chi connectivity index (χ0) is 7.56. The highest BCUT2D eigenvalue weighted by Crippen LogP contribution is 2.11. The molecule has 1 aliphatic rings. The second kappa shape index (κ2) is 3.01. The van der Waals surface area contributed by atoms with Crippen LogP contribution in [0.4, 0.5) is 0 Å². The number of hydrogen-bond acceptors (Lipinski definition) is 2. The van der Waals surface area contributed by atoms with Gasteiger partial charge in [0.05, 0.1) is 6.10 Å². The fourth-order valence-electron chi connectivity index (χ4n) is 1.01. The summed E-state index contributed by atoms with van der Waals surface area (Å²) in [4.78, 5) is 12.7. The number of amides is 1. The Bertz CT molecular complexity index is 130. The second-order valence-corrected chi connectivity index (χ2v) is 2.51. The highest BCUT2D eigenvalue weighted by molar-refractivity contribution is 5.76. The third-order valence-corrected chi connectivity index (χ3v) is 1.84. The second-order valence-electron chi connectivity index (χ2n) is 2.51. The predicted octanol–water partition coefficient (Wildman–Crippen LogP) is 0.254. The van der Waals surface area contributed by atoms with E-state index >= 15 is 0 Å². The Kier molecular flexibility index (Phi) is 2.27. The molecule has 0 aromatic carbocycles. The first-order chi connectivity index (χ1) is 4.77. The van der Waals surface area contributed by atoms with Crippen molar-refractivity contribution in [3.8, 4) is 0 Å². The predicted molar refractivity (Wildman–Crippen MR) is 37.7 cm³/mol. The van der Waals surface area contributed by atoms with Crippen molar-refractivity contribution in [2.75, 3.05) is 20.2 Å². The highest BCUT2D eigenvalue weighted by atomic mass is 16.5. The number of ether oxygens (including phenoxy) is 1. The Morgan fingerprint density at radius 1 is 1.70 bits per heavy atom. The first-order valence-corrected chi connectivity index (χ1v) is 3.58. The Balaban J connectivity index is 2.19. The Labute approximate surface area is 61.0 Å². The van der Waals surface area contributed by atoms with E-state index in [2.05, 4.69) is 0 Å². The van der Waals surface area contributed by atoms with E-state index < -0.39 is 0 Å². The number of carbonyl (C=O) groups is 1. The first kappa shape index (κ1) is 7.54. The molecule has 0 atom stereocenters. The molecule has 1 rings (SSSR count). The van der Waals surface area contributed by atoms with Gasteiger partial charge in [-0.25, -0.2) is 0 Å². The molecule has 0 N–H and O–H groups in total. The molecule has 0 spiro atoms. The van der Waals surface area contributed by atoms with Crippen molar-refractivity contribution in [1.29, 1.82) is 0 Å². The molecule has 3 nitrogen and oxygen atoms in total. The molecular formula is C7H13NO2. The minimum atomic E-state index is 0.230. The van der Waals surface area contributed by atoms with Gasteiger partial charge in [0.2, 0.25) is 5.91 Å². The number of nitrogens with zero attached hydrogens (tertiary/aromatic N) is 1. The summed E-state index contributed by atoms with van der Waals surface area (Å²) in [6.07, 6.45) is 0.895. The molecule has 0 aromatic rings. The lowest BCUT2D eigenvalue weighted by atomic mass is 10.1. The van der Waals surface area contributed by atoms with E-state index in [4.69, 9.17) is 4.74 Å². The van der Waals surface area contributed by atoms with Crippen molar-refractivity contribution >= 4 is 5.91 Å². The average Bonchev–Trinajstić information content (AvgIpc) is 1.85. The Morgan fingerprint density at radius 2 is 2.30 bits per heavy atom. The molecule has 0 unspecified atom stereocenters. The summed E-state index contributed by atoms with van der Waals surface area (Å²) < 4.78 is 5.02. The normalized spacial score (nSPS) is 18.8. The maximum atomic E-state index is 10.9. The number of methoxy groups -OCH3 is 1.